The van der Waals surface area contributed by atoms with Crippen molar-refractivity contribution >= 4 is 5.97 Å². The summed E-state index contributed by atoms with van der Waals surface area (Å²) in [4.78, 5) is 14.0. The van der Waals surface area contributed by atoms with Gasteiger partial charge in [0.15, 0.2) is 0 Å². The molecule has 0 N–H and O–H groups in total. The van der Waals surface area contributed by atoms with E-state index >= 15 is 0 Å². The van der Waals surface area contributed by atoms with Gasteiger partial charge in [0.2, 0.25) is 0 Å². The monoisotopic (exact) mass is 255 g/mol. The van der Waals surface area contributed by atoms with Gasteiger partial charge in [0.25, 0.3) is 6.43 Å². The molecule has 1 heterocycles. The summed E-state index contributed by atoms with van der Waals surface area (Å²) in [6, 6.07) is 0.681. The molecule has 0 aliphatic carbocycles. The van der Waals surface area contributed by atoms with Crippen LogP contribution in [0.25, 0.3) is 0 Å². The van der Waals surface area contributed by atoms with Gasteiger partial charge in [0, 0.05) is 6.20 Å². The first-order valence-corrected chi connectivity index (χ1v) is 4.21. The van der Waals surface area contributed by atoms with Crippen molar-refractivity contribution in [3.63, 3.8) is 0 Å². The molecular formula is C9H6F5NO2. The van der Waals surface area contributed by atoms with Crippen molar-refractivity contribution in [2.45, 2.75) is 12.6 Å². The number of carbonyl (C=O) groups is 1. The van der Waals surface area contributed by atoms with E-state index in [1.54, 1.807) is 0 Å². The highest BCUT2D eigenvalue weighted by atomic mass is 19.4. The maximum Gasteiger partial charge on any atom is 0.419 e. The highest BCUT2D eigenvalue weighted by molar-refractivity contribution is 5.91. The van der Waals surface area contributed by atoms with E-state index in [0.717, 1.165) is 7.11 Å². The van der Waals surface area contributed by atoms with Gasteiger partial charge < -0.3 is 4.74 Å². The molecule has 1 aromatic rings. The largest absolute Gasteiger partial charge is 0.465 e. The van der Waals surface area contributed by atoms with Crippen LogP contribution in [0.3, 0.4) is 0 Å². The van der Waals surface area contributed by atoms with Gasteiger partial charge in [-0.15, -0.1) is 0 Å². The molecule has 0 spiro atoms. The number of nitrogens with zero attached hydrogens (tertiary/aromatic N) is 1. The van der Waals surface area contributed by atoms with Gasteiger partial charge in [-0.3, -0.25) is 4.98 Å². The molecular weight excluding hydrogens is 249 g/mol. The van der Waals surface area contributed by atoms with Crippen molar-refractivity contribution in [1.82, 2.24) is 4.98 Å². The van der Waals surface area contributed by atoms with Gasteiger partial charge in [0.1, 0.15) is 5.69 Å². The Hall–Kier alpha value is -1.73. The molecule has 0 saturated heterocycles. The number of hydrogen-bond donors (Lipinski definition) is 0. The van der Waals surface area contributed by atoms with Crippen LogP contribution in [0.1, 0.15) is 28.0 Å². The first-order valence-electron chi connectivity index (χ1n) is 4.21. The van der Waals surface area contributed by atoms with Gasteiger partial charge in [-0.1, -0.05) is 0 Å². The van der Waals surface area contributed by atoms with E-state index in [9.17, 15) is 26.7 Å². The van der Waals surface area contributed by atoms with E-state index in [1.165, 1.54) is 0 Å². The van der Waals surface area contributed by atoms with Crippen LogP contribution in [-0.2, 0) is 10.9 Å². The minimum absolute atomic E-state index is 0.681. The minimum atomic E-state index is -5.11. The first-order chi connectivity index (χ1) is 7.79. The maximum atomic E-state index is 12.6. The Kier molecular flexibility index (Phi) is 3.64. The Balaban J connectivity index is 3.51. The van der Waals surface area contributed by atoms with Gasteiger partial charge in [-0.2, -0.15) is 13.2 Å². The lowest BCUT2D eigenvalue weighted by Gasteiger charge is -2.14. The molecule has 17 heavy (non-hydrogen) atoms. The number of halogens is 5. The summed E-state index contributed by atoms with van der Waals surface area (Å²) >= 11 is 0. The molecule has 0 fully saturated rings. The topological polar surface area (TPSA) is 39.2 Å². The Labute approximate surface area is 92.2 Å². The summed E-state index contributed by atoms with van der Waals surface area (Å²) in [5, 5.41) is 0. The Morgan fingerprint density at radius 2 is 2.00 bits per heavy atom. The van der Waals surface area contributed by atoms with Gasteiger partial charge in [-0.25, -0.2) is 13.6 Å². The van der Waals surface area contributed by atoms with Crippen LogP contribution < -0.4 is 0 Å². The lowest BCUT2D eigenvalue weighted by molar-refractivity contribution is -0.140. The van der Waals surface area contributed by atoms with E-state index in [0.29, 0.717) is 12.3 Å². The SMILES string of the molecule is COC(=O)c1ccnc(C(F)F)c1C(F)(F)F. The van der Waals surface area contributed by atoms with E-state index in [4.69, 9.17) is 0 Å². The molecule has 0 aliphatic heterocycles. The molecule has 8 heteroatoms. The van der Waals surface area contributed by atoms with Crippen molar-refractivity contribution in [1.29, 1.82) is 0 Å². The molecule has 0 atom stereocenters. The van der Waals surface area contributed by atoms with Gasteiger partial charge >= 0.3 is 12.1 Å². The third-order valence-electron chi connectivity index (χ3n) is 1.88. The molecule has 0 saturated carbocycles. The smallest absolute Gasteiger partial charge is 0.419 e. The van der Waals surface area contributed by atoms with E-state index in [1.807, 2.05) is 0 Å². The summed E-state index contributed by atoms with van der Waals surface area (Å²) < 4.78 is 66.6. The second-order valence-electron chi connectivity index (χ2n) is 2.91. The van der Waals surface area contributed by atoms with Crippen LogP contribution in [-0.4, -0.2) is 18.1 Å². The second kappa shape index (κ2) is 4.64. The minimum Gasteiger partial charge on any atom is -0.465 e. The van der Waals surface area contributed by atoms with Crippen LogP contribution in [0.4, 0.5) is 22.0 Å². The highest BCUT2D eigenvalue weighted by Gasteiger charge is 2.41. The third kappa shape index (κ3) is 2.69. The molecule has 0 aromatic carbocycles. The Morgan fingerprint density at radius 1 is 1.41 bits per heavy atom. The fraction of sp³-hybridized carbons (Fsp3) is 0.333. The molecule has 0 radical (unpaired) electrons. The normalized spacial score (nSPS) is 11.7. The fourth-order valence-electron chi connectivity index (χ4n) is 1.22. The van der Waals surface area contributed by atoms with Crippen molar-refractivity contribution < 1.29 is 31.5 Å². The number of carbonyl (C=O) groups excluding carboxylic acids is 1. The molecule has 0 aliphatic rings. The van der Waals surface area contributed by atoms with Crippen LogP contribution in [0.5, 0.6) is 0 Å². The lowest BCUT2D eigenvalue weighted by atomic mass is 10.1. The number of hydrogen-bond acceptors (Lipinski definition) is 3. The molecule has 0 unspecified atom stereocenters. The Morgan fingerprint density at radius 3 is 2.41 bits per heavy atom. The number of rotatable bonds is 2. The lowest BCUT2D eigenvalue weighted by Crippen LogP contribution is -2.18. The molecule has 1 rings (SSSR count). The quantitative estimate of drug-likeness (QED) is 0.602. The zero-order valence-electron chi connectivity index (χ0n) is 8.39. The van der Waals surface area contributed by atoms with Crippen molar-refractivity contribution in [2.75, 3.05) is 7.11 Å². The highest BCUT2D eigenvalue weighted by Crippen LogP contribution is 2.37. The van der Waals surface area contributed by atoms with Crippen LogP contribution in [0.2, 0.25) is 0 Å². The molecule has 3 nitrogen and oxygen atoms in total. The zero-order valence-corrected chi connectivity index (χ0v) is 8.39. The summed E-state index contributed by atoms with van der Waals surface area (Å²) in [7, 11) is 0.852. The number of esters is 1. The van der Waals surface area contributed by atoms with Gasteiger partial charge in [0.05, 0.1) is 18.2 Å². The fourth-order valence-corrected chi connectivity index (χ4v) is 1.22. The van der Waals surface area contributed by atoms with Crippen molar-refractivity contribution in [3.05, 3.63) is 29.1 Å². The molecule has 1 aromatic heterocycles. The third-order valence-corrected chi connectivity index (χ3v) is 1.88. The molecule has 94 valence electrons. The predicted molar refractivity (Wildman–Crippen MR) is 45.5 cm³/mol. The van der Waals surface area contributed by atoms with Crippen LogP contribution in [0.15, 0.2) is 12.3 Å². The maximum absolute atomic E-state index is 12.6. The number of alkyl halides is 5. The standard InChI is InChI=1S/C9H6F5NO2/c1-17-8(16)4-2-3-15-6(7(10)11)5(4)9(12,13)14/h2-3,7H,1H3. The Bertz CT molecular complexity index is 430. The molecule has 0 amide bonds. The summed E-state index contributed by atoms with van der Waals surface area (Å²) in [6.45, 7) is 0. The predicted octanol–water partition coefficient (Wildman–Crippen LogP) is 2.82. The van der Waals surface area contributed by atoms with Crippen molar-refractivity contribution in [2.24, 2.45) is 0 Å². The van der Waals surface area contributed by atoms with Crippen molar-refractivity contribution in [3.8, 4) is 0 Å². The summed E-state index contributed by atoms with van der Waals surface area (Å²) in [5.74, 6) is -1.35. The average Bonchev–Trinajstić information content (AvgIpc) is 2.25. The van der Waals surface area contributed by atoms with Gasteiger partial charge in [-0.05, 0) is 6.07 Å². The number of ether oxygens (including phenoxy) is 1. The van der Waals surface area contributed by atoms with Crippen LogP contribution in [0, 0.1) is 0 Å². The summed E-state index contributed by atoms with van der Waals surface area (Å²) in [5.41, 5.74) is -4.23. The van der Waals surface area contributed by atoms with E-state index in [2.05, 4.69) is 9.72 Å². The molecule has 0 bridgehead atoms. The first kappa shape index (κ1) is 13.3. The number of aromatic nitrogens is 1. The number of pyridine rings is 1. The van der Waals surface area contributed by atoms with E-state index in [-0.39, 0.29) is 0 Å². The average molecular weight is 255 g/mol. The van der Waals surface area contributed by atoms with E-state index < -0.39 is 35.4 Å². The number of methoxy groups -OCH3 is 1. The van der Waals surface area contributed by atoms with Crippen LogP contribution >= 0.6 is 0 Å². The zero-order chi connectivity index (χ0) is 13.2. The summed E-state index contributed by atoms with van der Waals surface area (Å²) in [6.07, 6.45) is -7.84. The second-order valence-corrected chi connectivity index (χ2v) is 2.91.